The molecule has 0 aliphatic heterocycles. The van der Waals surface area contributed by atoms with Gasteiger partial charge in [-0.1, -0.05) is 37.3 Å². The lowest BCUT2D eigenvalue weighted by Gasteiger charge is -2.18. The summed E-state index contributed by atoms with van der Waals surface area (Å²) in [6, 6.07) is 15.0. The summed E-state index contributed by atoms with van der Waals surface area (Å²) < 4.78 is 0. The smallest absolute Gasteiger partial charge is 0.123 e. The highest BCUT2D eigenvalue weighted by atomic mass is 14.9. The van der Waals surface area contributed by atoms with Gasteiger partial charge >= 0.3 is 0 Å². The molecule has 3 heteroatoms. The van der Waals surface area contributed by atoms with Crippen molar-refractivity contribution in [2.45, 2.75) is 25.8 Å². The molecule has 100 valence electrons. The lowest BCUT2D eigenvalue weighted by Crippen LogP contribution is -2.33. The first-order chi connectivity index (χ1) is 9.28. The molecule has 3 N–H and O–H groups in total. The number of nitrogen functional groups attached to an aromatic ring is 1. The quantitative estimate of drug-likeness (QED) is 0.833. The standard InChI is InChI=1S/C16H21N3/c1-2-18-15(10-13-6-4-3-5-7-13)11-14-8-9-19-16(17)12-14/h3-9,12,15,18H,2,10-11H2,1H3,(H2,17,19). The number of hydrogen-bond acceptors (Lipinski definition) is 3. The zero-order chi connectivity index (χ0) is 13.5. The maximum Gasteiger partial charge on any atom is 0.123 e. The number of anilines is 1. The number of rotatable bonds is 6. The van der Waals surface area contributed by atoms with Crippen LogP contribution >= 0.6 is 0 Å². The van der Waals surface area contributed by atoms with Crippen LogP contribution in [0.5, 0.6) is 0 Å². The van der Waals surface area contributed by atoms with Crippen molar-refractivity contribution >= 4 is 5.82 Å². The van der Waals surface area contributed by atoms with Gasteiger partial charge < -0.3 is 11.1 Å². The van der Waals surface area contributed by atoms with E-state index in [0.29, 0.717) is 11.9 Å². The zero-order valence-corrected chi connectivity index (χ0v) is 11.3. The fraction of sp³-hybridized carbons (Fsp3) is 0.312. The Labute approximate surface area is 114 Å². The van der Waals surface area contributed by atoms with E-state index in [4.69, 9.17) is 5.73 Å². The average molecular weight is 255 g/mol. The normalized spacial score (nSPS) is 12.3. The fourth-order valence-corrected chi connectivity index (χ4v) is 2.31. The van der Waals surface area contributed by atoms with E-state index < -0.39 is 0 Å². The molecule has 1 heterocycles. The Hall–Kier alpha value is -1.87. The molecule has 0 saturated carbocycles. The number of likely N-dealkylation sites (N-methyl/N-ethyl adjacent to an activating group) is 1. The third-order valence-electron chi connectivity index (χ3n) is 3.15. The van der Waals surface area contributed by atoms with Crippen LogP contribution in [0.3, 0.4) is 0 Å². The van der Waals surface area contributed by atoms with Gasteiger partial charge in [0.25, 0.3) is 0 Å². The Kier molecular flexibility index (Phi) is 4.93. The first-order valence-corrected chi connectivity index (χ1v) is 6.75. The van der Waals surface area contributed by atoms with Crippen LogP contribution in [0.25, 0.3) is 0 Å². The molecule has 0 spiro atoms. The van der Waals surface area contributed by atoms with E-state index in [9.17, 15) is 0 Å². The molecule has 0 fully saturated rings. The Morgan fingerprint density at radius 3 is 2.53 bits per heavy atom. The molecule has 1 unspecified atom stereocenters. The molecule has 0 radical (unpaired) electrons. The third kappa shape index (κ3) is 4.38. The van der Waals surface area contributed by atoms with Gasteiger partial charge in [-0.2, -0.15) is 0 Å². The van der Waals surface area contributed by atoms with Crippen molar-refractivity contribution in [3.05, 3.63) is 59.8 Å². The number of benzene rings is 1. The molecule has 0 aliphatic carbocycles. The summed E-state index contributed by atoms with van der Waals surface area (Å²) in [5, 5.41) is 3.54. The first-order valence-electron chi connectivity index (χ1n) is 6.75. The van der Waals surface area contributed by atoms with Crippen molar-refractivity contribution in [1.82, 2.24) is 10.3 Å². The zero-order valence-electron chi connectivity index (χ0n) is 11.3. The van der Waals surface area contributed by atoms with Crippen LogP contribution in [0, 0.1) is 0 Å². The number of nitrogens with zero attached hydrogens (tertiary/aromatic N) is 1. The molecule has 19 heavy (non-hydrogen) atoms. The molecule has 1 aromatic heterocycles. The number of hydrogen-bond donors (Lipinski definition) is 2. The molecule has 3 nitrogen and oxygen atoms in total. The van der Waals surface area contributed by atoms with E-state index in [0.717, 1.165) is 19.4 Å². The SMILES string of the molecule is CCNC(Cc1ccccc1)Cc1ccnc(N)c1. The molecule has 0 amide bonds. The summed E-state index contributed by atoms with van der Waals surface area (Å²) in [6.07, 6.45) is 3.77. The maximum atomic E-state index is 5.73. The highest BCUT2D eigenvalue weighted by Gasteiger charge is 2.09. The van der Waals surface area contributed by atoms with Crippen molar-refractivity contribution < 1.29 is 0 Å². The molecule has 0 bridgehead atoms. The third-order valence-corrected chi connectivity index (χ3v) is 3.15. The second kappa shape index (κ2) is 6.90. The topological polar surface area (TPSA) is 50.9 Å². The van der Waals surface area contributed by atoms with Crippen LogP contribution in [0.4, 0.5) is 5.82 Å². The molecule has 1 atom stereocenters. The van der Waals surface area contributed by atoms with E-state index in [1.54, 1.807) is 6.20 Å². The fourth-order valence-electron chi connectivity index (χ4n) is 2.31. The lowest BCUT2D eigenvalue weighted by atomic mass is 9.99. The van der Waals surface area contributed by atoms with E-state index >= 15 is 0 Å². The van der Waals surface area contributed by atoms with Crippen LogP contribution in [0.15, 0.2) is 48.7 Å². The Morgan fingerprint density at radius 1 is 1.11 bits per heavy atom. The minimum atomic E-state index is 0.425. The molecule has 2 rings (SSSR count). The van der Waals surface area contributed by atoms with Crippen molar-refractivity contribution in [3.63, 3.8) is 0 Å². The van der Waals surface area contributed by atoms with Crippen LogP contribution in [-0.4, -0.2) is 17.6 Å². The van der Waals surface area contributed by atoms with E-state index in [1.165, 1.54) is 11.1 Å². The average Bonchev–Trinajstić information content (AvgIpc) is 2.40. The van der Waals surface area contributed by atoms with Gasteiger partial charge in [0.15, 0.2) is 0 Å². The summed E-state index contributed by atoms with van der Waals surface area (Å²) >= 11 is 0. The number of aromatic nitrogens is 1. The van der Waals surface area contributed by atoms with Gasteiger partial charge in [-0.3, -0.25) is 0 Å². The minimum absolute atomic E-state index is 0.425. The van der Waals surface area contributed by atoms with Gasteiger partial charge in [-0.05, 0) is 42.6 Å². The second-order valence-electron chi connectivity index (χ2n) is 4.74. The summed E-state index contributed by atoms with van der Waals surface area (Å²) in [4.78, 5) is 4.03. The number of pyridine rings is 1. The summed E-state index contributed by atoms with van der Waals surface area (Å²) in [6.45, 7) is 3.11. The van der Waals surface area contributed by atoms with Gasteiger partial charge in [0, 0.05) is 12.2 Å². The monoisotopic (exact) mass is 255 g/mol. The number of nitrogens with one attached hydrogen (secondary N) is 1. The highest BCUT2D eigenvalue weighted by molar-refractivity contribution is 5.32. The van der Waals surface area contributed by atoms with Gasteiger partial charge in [0.1, 0.15) is 5.82 Å². The number of nitrogens with two attached hydrogens (primary N) is 1. The first kappa shape index (κ1) is 13.6. The largest absolute Gasteiger partial charge is 0.384 e. The molecule has 0 aliphatic rings. The summed E-state index contributed by atoms with van der Waals surface area (Å²) in [7, 11) is 0. The predicted octanol–water partition coefficient (Wildman–Crippen LogP) is 2.43. The maximum absolute atomic E-state index is 5.73. The van der Waals surface area contributed by atoms with Gasteiger partial charge in [0.2, 0.25) is 0 Å². The molecular formula is C16H21N3. The van der Waals surface area contributed by atoms with Crippen molar-refractivity contribution in [2.75, 3.05) is 12.3 Å². The Bertz CT molecular complexity index is 496. The minimum Gasteiger partial charge on any atom is -0.384 e. The van der Waals surface area contributed by atoms with Crippen LogP contribution in [0.1, 0.15) is 18.1 Å². The molecule has 0 saturated heterocycles. The van der Waals surface area contributed by atoms with Crippen LogP contribution < -0.4 is 11.1 Å². The highest BCUT2D eigenvalue weighted by Crippen LogP contribution is 2.10. The van der Waals surface area contributed by atoms with Crippen molar-refractivity contribution in [3.8, 4) is 0 Å². The van der Waals surface area contributed by atoms with Gasteiger partial charge in [0.05, 0.1) is 0 Å². The Balaban J connectivity index is 2.04. The predicted molar refractivity (Wildman–Crippen MR) is 80.0 cm³/mol. The van der Waals surface area contributed by atoms with Crippen molar-refractivity contribution in [1.29, 1.82) is 0 Å². The lowest BCUT2D eigenvalue weighted by molar-refractivity contribution is 0.521. The molecule has 1 aromatic carbocycles. The van der Waals surface area contributed by atoms with E-state index in [1.807, 2.05) is 12.1 Å². The van der Waals surface area contributed by atoms with E-state index in [2.05, 4.69) is 47.6 Å². The molecular weight excluding hydrogens is 234 g/mol. The van der Waals surface area contributed by atoms with Crippen molar-refractivity contribution in [2.24, 2.45) is 0 Å². The van der Waals surface area contributed by atoms with Gasteiger partial charge in [-0.15, -0.1) is 0 Å². The van der Waals surface area contributed by atoms with E-state index in [-0.39, 0.29) is 0 Å². The van der Waals surface area contributed by atoms with Crippen LogP contribution in [0.2, 0.25) is 0 Å². The van der Waals surface area contributed by atoms with Gasteiger partial charge in [-0.25, -0.2) is 4.98 Å². The second-order valence-corrected chi connectivity index (χ2v) is 4.74. The summed E-state index contributed by atoms with van der Waals surface area (Å²) in [5.74, 6) is 0.590. The van der Waals surface area contributed by atoms with Crippen LogP contribution in [-0.2, 0) is 12.8 Å². The Morgan fingerprint density at radius 2 is 1.84 bits per heavy atom. The molecule has 2 aromatic rings. The summed E-state index contributed by atoms with van der Waals surface area (Å²) in [5.41, 5.74) is 8.32.